The minimum Gasteiger partial charge on any atom is -0.449 e. The number of rotatable bonds is 1. The fraction of sp³-hybridized carbons (Fsp3) is 0.263. The summed E-state index contributed by atoms with van der Waals surface area (Å²) in [6.45, 7) is 0.802. The van der Waals surface area contributed by atoms with Gasteiger partial charge in [0, 0.05) is 12.1 Å². The van der Waals surface area contributed by atoms with Gasteiger partial charge in [-0.05, 0) is 37.1 Å². The number of halogens is 2. The number of piperidine rings is 1. The number of ether oxygens (including phenoxy) is 1. The Hall–Kier alpha value is -2.40. The molecule has 2 aliphatic heterocycles. The first-order valence-corrected chi connectivity index (χ1v) is 8.45. The molecule has 4 rings (SSSR count). The lowest BCUT2D eigenvalue weighted by molar-refractivity contribution is -0.0442. The zero-order chi connectivity index (χ0) is 17.6. The van der Waals surface area contributed by atoms with Gasteiger partial charge in [0.05, 0.1) is 22.7 Å². The quantitative estimate of drug-likeness (QED) is 0.728. The van der Waals surface area contributed by atoms with E-state index in [0.29, 0.717) is 24.9 Å². The molecule has 0 saturated carbocycles. The van der Waals surface area contributed by atoms with Gasteiger partial charge < -0.3 is 9.64 Å². The molecule has 6 heteroatoms. The van der Waals surface area contributed by atoms with Crippen LogP contribution in [0.1, 0.15) is 39.1 Å². The maximum Gasteiger partial charge on any atom is 0.339 e. The fourth-order valence-electron chi connectivity index (χ4n) is 3.68. The van der Waals surface area contributed by atoms with E-state index in [0.717, 1.165) is 11.6 Å². The lowest BCUT2D eigenvalue weighted by atomic mass is 9.85. The third-order valence-electron chi connectivity index (χ3n) is 4.83. The zero-order valence-electron chi connectivity index (χ0n) is 13.3. The Morgan fingerprint density at radius 3 is 2.84 bits per heavy atom. The lowest BCUT2D eigenvalue weighted by Gasteiger charge is -2.39. The van der Waals surface area contributed by atoms with Gasteiger partial charge in [-0.3, -0.25) is 4.79 Å². The molecule has 0 radical (unpaired) electrons. The molecule has 1 fully saturated rings. The SMILES string of the molecule is O=C1O[C@]2(CCCN(C(=O)c3ccc(F)cc3Cl)C2)c2ccccc21. The van der Waals surface area contributed by atoms with E-state index in [2.05, 4.69) is 0 Å². The Morgan fingerprint density at radius 2 is 2.04 bits per heavy atom. The van der Waals surface area contributed by atoms with Crippen LogP contribution >= 0.6 is 11.6 Å². The Kier molecular flexibility index (Phi) is 3.76. The second kappa shape index (κ2) is 5.85. The summed E-state index contributed by atoms with van der Waals surface area (Å²) in [5.74, 6) is -1.13. The van der Waals surface area contributed by atoms with Crippen LogP contribution < -0.4 is 0 Å². The normalized spacial score (nSPS) is 22.0. The molecule has 2 aliphatic rings. The Labute approximate surface area is 149 Å². The summed E-state index contributed by atoms with van der Waals surface area (Å²) in [6, 6.07) is 11.0. The summed E-state index contributed by atoms with van der Waals surface area (Å²) in [6.07, 6.45) is 1.36. The molecule has 0 unspecified atom stereocenters. The standard InChI is InChI=1S/C19H15ClFNO3/c20-16-10-12(21)6-7-14(16)17(23)22-9-3-8-19(11-22)15-5-2-1-4-13(15)18(24)25-19/h1-2,4-7,10H,3,8-9,11H2/t19-/m0/s1. The van der Waals surface area contributed by atoms with E-state index in [1.54, 1.807) is 17.0 Å². The summed E-state index contributed by atoms with van der Waals surface area (Å²) in [4.78, 5) is 26.7. The molecule has 1 spiro atoms. The van der Waals surface area contributed by atoms with Crippen LogP contribution in [-0.4, -0.2) is 29.9 Å². The summed E-state index contributed by atoms with van der Waals surface area (Å²) in [5, 5.41) is 0.0773. The number of amides is 1. The molecule has 0 aromatic heterocycles. The Bertz CT molecular complexity index is 885. The van der Waals surface area contributed by atoms with Gasteiger partial charge in [0.25, 0.3) is 5.91 Å². The molecule has 0 N–H and O–H groups in total. The number of hydrogen-bond acceptors (Lipinski definition) is 3. The average molecular weight is 360 g/mol. The van der Waals surface area contributed by atoms with Crippen molar-refractivity contribution in [2.75, 3.05) is 13.1 Å². The van der Waals surface area contributed by atoms with Crippen molar-refractivity contribution in [2.24, 2.45) is 0 Å². The number of nitrogens with zero attached hydrogens (tertiary/aromatic N) is 1. The molecule has 128 valence electrons. The van der Waals surface area contributed by atoms with Crippen LogP contribution in [0, 0.1) is 5.82 Å². The summed E-state index contributed by atoms with van der Waals surface area (Å²) in [5.41, 5.74) is 0.811. The largest absolute Gasteiger partial charge is 0.449 e. The van der Waals surface area contributed by atoms with Gasteiger partial charge in [0.2, 0.25) is 0 Å². The van der Waals surface area contributed by atoms with Gasteiger partial charge in [-0.15, -0.1) is 0 Å². The molecule has 0 aliphatic carbocycles. The molecular formula is C19H15ClFNO3. The van der Waals surface area contributed by atoms with Crippen LogP contribution in [0.3, 0.4) is 0 Å². The van der Waals surface area contributed by atoms with Gasteiger partial charge in [-0.1, -0.05) is 29.8 Å². The number of hydrogen-bond donors (Lipinski definition) is 0. The number of esters is 1. The second-order valence-corrected chi connectivity index (χ2v) is 6.79. The van der Waals surface area contributed by atoms with Crippen LogP contribution in [0.2, 0.25) is 5.02 Å². The molecule has 1 saturated heterocycles. The fourth-order valence-corrected chi connectivity index (χ4v) is 3.93. The molecule has 2 aromatic rings. The molecule has 2 heterocycles. The molecule has 25 heavy (non-hydrogen) atoms. The highest BCUT2D eigenvalue weighted by Crippen LogP contribution is 2.43. The van der Waals surface area contributed by atoms with Crippen molar-refractivity contribution in [3.05, 3.63) is 70.0 Å². The number of carbonyl (C=O) groups excluding carboxylic acids is 2. The van der Waals surface area contributed by atoms with E-state index < -0.39 is 11.4 Å². The molecular weight excluding hydrogens is 345 g/mol. The monoisotopic (exact) mass is 359 g/mol. The van der Waals surface area contributed by atoms with E-state index >= 15 is 0 Å². The van der Waals surface area contributed by atoms with Gasteiger partial charge in [0.1, 0.15) is 5.82 Å². The maximum absolute atomic E-state index is 13.2. The van der Waals surface area contributed by atoms with Gasteiger partial charge in [-0.25, -0.2) is 9.18 Å². The van der Waals surface area contributed by atoms with E-state index in [4.69, 9.17) is 16.3 Å². The van der Waals surface area contributed by atoms with Gasteiger partial charge in [0.15, 0.2) is 5.60 Å². The summed E-state index contributed by atoms with van der Waals surface area (Å²) >= 11 is 6.03. The molecule has 1 amide bonds. The van der Waals surface area contributed by atoms with Crippen molar-refractivity contribution in [2.45, 2.75) is 18.4 Å². The number of carbonyl (C=O) groups is 2. The Balaban J connectivity index is 1.66. The maximum atomic E-state index is 13.2. The predicted octanol–water partition coefficient (Wildman–Crippen LogP) is 3.78. The molecule has 2 aromatic carbocycles. The second-order valence-electron chi connectivity index (χ2n) is 6.38. The third-order valence-corrected chi connectivity index (χ3v) is 5.14. The lowest BCUT2D eigenvalue weighted by Crippen LogP contribution is -2.48. The van der Waals surface area contributed by atoms with Crippen LogP contribution in [-0.2, 0) is 10.3 Å². The van der Waals surface area contributed by atoms with Crippen LogP contribution in [0.25, 0.3) is 0 Å². The smallest absolute Gasteiger partial charge is 0.339 e. The van der Waals surface area contributed by atoms with Crippen LogP contribution in [0.5, 0.6) is 0 Å². The summed E-state index contributed by atoms with van der Waals surface area (Å²) < 4.78 is 18.9. The van der Waals surface area contributed by atoms with Crippen molar-refractivity contribution in [3.8, 4) is 0 Å². The molecule has 1 atom stereocenters. The van der Waals surface area contributed by atoms with Gasteiger partial charge in [-0.2, -0.15) is 0 Å². The first-order valence-electron chi connectivity index (χ1n) is 8.07. The highest BCUT2D eigenvalue weighted by Gasteiger charge is 2.48. The molecule has 4 nitrogen and oxygen atoms in total. The topological polar surface area (TPSA) is 46.6 Å². The minimum absolute atomic E-state index is 0.0773. The van der Waals surface area contributed by atoms with Crippen molar-refractivity contribution in [3.63, 3.8) is 0 Å². The first-order chi connectivity index (χ1) is 12.0. The Morgan fingerprint density at radius 1 is 1.24 bits per heavy atom. The van der Waals surface area contributed by atoms with Crippen molar-refractivity contribution < 1.29 is 18.7 Å². The minimum atomic E-state index is -0.811. The van der Waals surface area contributed by atoms with Crippen LogP contribution in [0.15, 0.2) is 42.5 Å². The average Bonchev–Trinajstić information content (AvgIpc) is 2.87. The number of fused-ring (bicyclic) bond motifs is 2. The van der Waals surface area contributed by atoms with E-state index in [1.807, 2.05) is 12.1 Å². The summed E-state index contributed by atoms with van der Waals surface area (Å²) in [7, 11) is 0. The van der Waals surface area contributed by atoms with E-state index in [9.17, 15) is 14.0 Å². The zero-order valence-corrected chi connectivity index (χ0v) is 14.1. The molecule has 0 bridgehead atoms. The van der Waals surface area contributed by atoms with E-state index in [1.165, 1.54) is 12.1 Å². The van der Waals surface area contributed by atoms with E-state index in [-0.39, 0.29) is 29.0 Å². The van der Waals surface area contributed by atoms with Crippen molar-refractivity contribution in [1.82, 2.24) is 4.90 Å². The number of benzene rings is 2. The number of likely N-dealkylation sites (tertiary alicyclic amines) is 1. The predicted molar refractivity (Wildman–Crippen MR) is 90.1 cm³/mol. The van der Waals surface area contributed by atoms with Gasteiger partial charge >= 0.3 is 5.97 Å². The van der Waals surface area contributed by atoms with Crippen molar-refractivity contribution in [1.29, 1.82) is 0 Å². The van der Waals surface area contributed by atoms with Crippen LogP contribution in [0.4, 0.5) is 4.39 Å². The first kappa shape index (κ1) is 16.1. The third kappa shape index (κ3) is 2.59. The van der Waals surface area contributed by atoms with Crippen molar-refractivity contribution >= 4 is 23.5 Å². The highest BCUT2D eigenvalue weighted by molar-refractivity contribution is 6.33. The highest BCUT2D eigenvalue weighted by atomic mass is 35.5.